The molecule has 4 heterocycles. The predicted octanol–water partition coefficient (Wildman–Crippen LogP) is 7.15. The van der Waals surface area contributed by atoms with Gasteiger partial charge in [0.2, 0.25) is 0 Å². The van der Waals surface area contributed by atoms with E-state index in [1.54, 1.807) is 30.5 Å². The van der Waals surface area contributed by atoms with Crippen LogP contribution in [-0.2, 0) is 17.7 Å². The monoisotopic (exact) mass is 635 g/mol. The molecule has 220 valence electrons. The van der Waals surface area contributed by atoms with Gasteiger partial charge in [-0.2, -0.15) is 5.26 Å². The summed E-state index contributed by atoms with van der Waals surface area (Å²) in [5.41, 5.74) is 2.54. The van der Waals surface area contributed by atoms with Gasteiger partial charge in [-0.15, -0.1) is 11.3 Å². The van der Waals surface area contributed by atoms with Gasteiger partial charge in [0.25, 0.3) is 5.56 Å². The predicted molar refractivity (Wildman–Crippen MR) is 168 cm³/mol. The minimum absolute atomic E-state index is 0.0125. The Hall–Kier alpha value is -4.04. The number of halogens is 2. The average molecular weight is 637 g/mol. The number of benzene rings is 1. The van der Waals surface area contributed by atoms with Crippen molar-refractivity contribution in [3.05, 3.63) is 79.0 Å². The highest BCUT2D eigenvalue weighted by molar-refractivity contribution is 7.18. The van der Waals surface area contributed by atoms with Crippen LogP contribution in [0, 0.1) is 18.3 Å². The van der Waals surface area contributed by atoms with Crippen LogP contribution in [0.5, 0.6) is 5.75 Å². The number of esters is 1. The maximum atomic E-state index is 13.4. The first kappa shape index (κ1) is 30.4. The summed E-state index contributed by atoms with van der Waals surface area (Å²) in [6, 6.07) is 9.23. The van der Waals surface area contributed by atoms with Gasteiger partial charge in [-0.3, -0.25) is 14.3 Å². The maximum Gasteiger partial charge on any atom is 0.341 e. The van der Waals surface area contributed by atoms with Gasteiger partial charge < -0.3 is 9.47 Å². The van der Waals surface area contributed by atoms with Crippen molar-refractivity contribution in [2.45, 2.75) is 53.2 Å². The summed E-state index contributed by atoms with van der Waals surface area (Å²) in [5, 5.41) is 11.9. The van der Waals surface area contributed by atoms with Gasteiger partial charge >= 0.3 is 5.97 Å². The van der Waals surface area contributed by atoms with Gasteiger partial charge in [-0.25, -0.2) is 14.8 Å². The number of nitrogens with zero attached hydrogens (tertiary/aromatic N) is 5. The molecule has 0 spiro atoms. The molecule has 0 aliphatic rings. The highest BCUT2D eigenvalue weighted by Crippen LogP contribution is 2.41. The zero-order valence-corrected chi connectivity index (χ0v) is 26.4. The van der Waals surface area contributed by atoms with Crippen molar-refractivity contribution in [3.8, 4) is 22.9 Å². The third-order valence-corrected chi connectivity index (χ3v) is 8.14. The molecule has 5 rings (SSSR count). The van der Waals surface area contributed by atoms with E-state index in [9.17, 15) is 14.9 Å². The van der Waals surface area contributed by atoms with E-state index in [2.05, 4.69) is 9.97 Å². The zero-order valence-electron chi connectivity index (χ0n) is 24.1. The van der Waals surface area contributed by atoms with Crippen LogP contribution >= 0.6 is 34.5 Å². The van der Waals surface area contributed by atoms with Crippen molar-refractivity contribution < 1.29 is 14.3 Å². The van der Waals surface area contributed by atoms with Crippen LogP contribution in [0.1, 0.15) is 55.1 Å². The van der Waals surface area contributed by atoms with Crippen molar-refractivity contribution in [2.24, 2.45) is 0 Å². The summed E-state index contributed by atoms with van der Waals surface area (Å²) in [5.74, 6) is 0.548. The fourth-order valence-corrected chi connectivity index (χ4v) is 6.03. The Kier molecular flexibility index (Phi) is 8.43. The number of hydrogen-bond acceptors (Lipinski definition) is 9. The second kappa shape index (κ2) is 11.9. The smallest absolute Gasteiger partial charge is 0.341 e. The lowest BCUT2D eigenvalue weighted by Crippen LogP contribution is -2.27. The number of aromatic nitrogens is 4. The number of pyridine rings is 2. The Balaban J connectivity index is 1.52. The fourth-order valence-electron chi connectivity index (χ4n) is 4.67. The number of ether oxygens (including phenoxy) is 2. The third kappa shape index (κ3) is 6.07. The van der Waals surface area contributed by atoms with Gasteiger partial charge in [0.1, 0.15) is 40.6 Å². The molecule has 12 heteroatoms. The molecule has 0 saturated heterocycles. The molecule has 43 heavy (non-hydrogen) atoms. The summed E-state index contributed by atoms with van der Waals surface area (Å²) in [7, 11) is 0. The van der Waals surface area contributed by atoms with E-state index in [1.165, 1.54) is 22.1 Å². The van der Waals surface area contributed by atoms with Crippen molar-refractivity contribution >= 4 is 61.6 Å². The van der Waals surface area contributed by atoms with Gasteiger partial charge in [0.05, 0.1) is 39.4 Å². The summed E-state index contributed by atoms with van der Waals surface area (Å²) >= 11 is 13.9. The molecule has 0 fully saturated rings. The lowest BCUT2D eigenvalue weighted by atomic mass is 10.0. The highest BCUT2D eigenvalue weighted by Gasteiger charge is 2.24. The number of aryl methyl sites for hydroxylation is 2. The first-order valence-electron chi connectivity index (χ1n) is 13.4. The molecule has 0 amide bonds. The molecule has 0 radical (unpaired) electrons. The lowest BCUT2D eigenvalue weighted by molar-refractivity contribution is 0.00721. The summed E-state index contributed by atoms with van der Waals surface area (Å²) in [4.78, 5) is 39.6. The van der Waals surface area contributed by atoms with Gasteiger partial charge in [0.15, 0.2) is 0 Å². The van der Waals surface area contributed by atoms with E-state index in [4.69, 9.17) is 37.7 Å². The van der Waals surface area contributed by atoms with Crippen LogP contribution in [0.4, 0.5) is 0 Å². The average Bonchev–Trinajstić information content (AvgIpc) is 3.38. The second-order valence-corrected chi connectivity index (χ2v) is 12.4. The fraction of sp³-hybridized carbons (Fsp3) is 0.290. The van der Waals surface area contributed by atoms with Crippen LogP contribution in [-0.4, -0.2) is 37.7 Å². The van der Waals surface area contributed by atoms with Crippen molar-refractivity contribution in [2.75, 3.05) is 6.61 Å². The second-order valence-electron chi connectivity index (χ2n) is 10.7. The maximum absolute atomic E-state index is 13.4. The molecule has 5 aromatic rings. The van der Waals surface area contributed by atoms with Crippen LogP contribution in [0.25, 0.3) is 32.2 Å². The third-order valence-electron chi connectivity index (χ3n) is 6.62. The van der Waals surface area contributed by atoms with Gasteiger partial charge in [-0.1, -0.05) is 30.1 Å². The summed E-state index contributed by atoms with van der Waals surface area (Å²) < 4.78 is 14.1. The first-order valence-corrected chi connectivity index (χ1v) is 15.1. The molecule has 0 unspecified atom stereocenters. The largest absolute Gasteiger partial charge is 0.491 e. The van der Waals surface area contributed by atoms with Crippen molar-refractivity contribution in [3.63, 3.8) is 0 Å². The van der Waals surface area contributed by atoms with Gasteiger partial charge in [0, 0.05) is 27.2 Å². The Morgan fingerprint density at radius 1 is 1.16 bits per heavy atom. The number of carbonyl (C=O) groups excluding carboxylic acids is 1. The van der Waals surface area contributed by atoms with E-state index in [1.807, 2.05) is 39.8 Å². The minimum atomic E-state index is -0.648. The molecule has 0 saturated carbocycles. The van der Waals surface area contributed by atoms with Crippen LogP contribution in [0.2, 0.25) is 10.2 Å². The quantitative estimate of drug-likeness (QED) is 0.136. The molecular weight excluding hydrogens is 609 g/mol. The topological polar surface area (TPSA) is 120 Å². The van der Waals surface area contributed by atoms with Crippen molar-refractivity contribution in [1.82, 2.24) is 19.5 Å². The summed E-state index contributed by atoms with van der Waals surface area (Å²) in [6.45, 7) is 9.44. The number of nitriles is 1. The molecule has 9 nitrogen and oxygen atoms in total. The number of fused-ring (bicyclic) bond motifs is 2. The van der Waals surface area contributed by atoms with Crippen LogP contribution in [0.15, 0.2) is 40.6 Å². The van der Waals surface area contributed by atoms with Gasteiger partial charge in [-0.05, 0) is 58.4 Å². The first-order chi connectivity index (χ1) is 20.4. The summed E-state index contributed by atoms with van der Waals surface area (Å²) in [6.07, 6.45) is 2.03. The number of thiophene rings is 1. The van der Waals surface area contributed by atoms with E-state index in [-0.39, 0.29) is 29.3 Å². The van der Waals surface area contributed by atoms with Crippen LogP contribution < -0.4 is 10.3 Å². The van der Waals surface area contributed by atoms with Crippen molar-refractivity contribution in [1.29, 1.82) is 5.26 Å². The van der Waals surface area contributed by atoms with Crippen LogP contribution in [0.3, 0.4) is 0 Å². The normalized spacial score (nSPS) is 11.6. The lowest BCUT2D eigenvalue weighted by Gasteiger charge is -2.19. The Bertz CT molecular complexity index is 2010. The molecule has 4 aromatic heterocycles. The molecule has 0 atom stereocenters. The van der Waals surface area contributed by atoms with E-state index in [0.29, 0.717) is 39.6 Å². The number of carbonyl (C=O) groups is 1. The molecule has 0 N–H and O–H groups in total. The molecule has 0 aliphatic carbocycles. The zero-order chi connectivity index (χ0) is 31.1. The number of rotatable bonds is 7. The number of hydrogen-bond donors (Lipinski definition) is 0. The molecule has 1 aromatic carbocycles. The molecular formula is C31H27Cl2N5O4S. The van der Waals surface area contributed by atoms with E-state index < -0.39 is 17.1 Å². The molecule has 0 aliphatic heterocycles. The van der Waals surface area contributed by atoms with E-state index in [0.717, 1.165) is 21.5 Å². The Labute approximate surface area is 261 Å². The Morgan fingerprint density at radius 2 is 1.93 bits per heavy atom. The SMILES string of the molecule is CCc1cc(-c2cc(Cl)ccc2OCCn2c(C)nc3cnc(Cl)c(C#N)c3c2=O)c2scc(C(=O)OC(C)(C)C)c2n1. The van der Waals surface area contributed by atoms with E-state index >= 15 is 0 Å². The molecule has 0 bridgehead atoms. The Morgan fingerprint density at radius 3 is 2.63 bits per heavy atom. The standard InChI is InChI=1S/C31H27Cl2N5O4S/c1-6-18-12-20(27-26(37-18)22(15-43-27)30(40)42-31(3,4)5)19-11-17(32)7-8-24(19)41-10-9-38-16(2)36-23-14-35-28(33)21(13-34)25(23)29(38)39/h7-8,11-12,14-15H,6,9-10H2,1-5H3. The minimum Gasteiger partial charge on any atom is -0.491 e. The highest BCUT2D eigenvalue weighted by atomic mass is 35.5.